The van der Waals surface area contributed by atoms with Crippen molar-refractivity contribution in [2.45, 2.75) is 44.2 Å². The van der Waals surface area contributed by atoms with E-state index in [0.29, 0.717) is 12.8 Å². The van der Waals surface area contributed by atoms with Crippen molar-refractivity contribution in [3.8, 4) is 0 Å². The first-order chi connectivity index (χ1) is 5.86. The van der Waals surface area contributed by atoms with Crippen LogP contribution in [-0.4, -0.2) is 12.1 Å². The molecule has 0 nitrogen and oxygen atoms in total. The molecule has 0 N–H and O–H groups in total. The van der Waals surface area contributed by atoms with Crippen molar-refractivity contribution in [1.82, 2.24) is 0 Å². The maximum absolute atomic E-state index is 12.7. The van der Waals surface area contributed by atoms with Gasteiger partial charge < -0.3 is 0 Å². The van der Waals surface area contributed by atoms with E-state index in [4.69, 9.17) is 0 Å². The highest BCUT2D eigenvalue weighted by Crippen LogP contribution is 2.46. The van der Waals surface area contributed by atoms with Gasteiger partial charge in [0.15, 0.2) is 0 Å². The summed E-state index contributed by atoms with van der Waals surface area (Å²) in [6, 6.07) is 0. The van der Waals surface area contributed by atoms with Crippen molar-refractivity contribution in [3.05, 3.63) is 0 Å². The summed E-state index contributed by atoms with van der Waals surface area (Å²) < 4.78 is 61.0. The fraction of sp³-hybridized carbons (Fsp3) is 1.00. The minimum Gasteiger partial charge on any atom is -0.196 e. The Morgan fingerprint density at radius 2 is 1.23 bits per heavy atom. The predicted octanol–water partition coefficient (Wildman–Crippen LogP) is 3.76. The lowest BCUT2D eigenvalue weighted by atomic mass is 9.84. The third-order valence-electron chi connectivity index (χ3n) is 2.50. The van der Waals surface area contributed by atoms with Gasteiger partial charge in [-0.1, -0.05) is 19.3 Å². The molecule has 0 aliphatic heterocycles. The van der Waals surface area contributed by atoms with Crippen molar-refractivity contribution in [3.63, 3.8) is 0 Å². The SMILES string of the molecule is FC(F)(F)C(F)(F)C1CCCCC1. The number of rotatable bonds is 1. The second kappa shape index (κ2) is 3.42. The normalized spacial score (nSPS) is 21.9. The highest BCUT2D eigenvalue weighted by molar-refractivity contribution is 4.85. The fourth-order valence-corrected chi connectivity index (χ4v) is 1.70. The third kappa shape index (κ3) is 2.11. The average Bonchev–Trinajstić information content (AvgIpc) is 2.04. The van der Waals surface area contributed by atoms with Crippen molar-refractivity contribution in [2.75, 3.05) is 0 Å². The van der Waals surface area contributed by atoms with E-state index in [1.807, 2.05) is 0 Å². The van der Waals surface area contributed by atoms with E-state index in [-0.39, 0.29) is 12.8 Å². The minimum absolute atomic E-state index is 0.00743. The zero-order valence-corrected chi connectivity index (χ0v) is 7.00. The summed E-state index contributed by atoms with van der Waals surface area (Å²) in [5, 5.41) is 0. The summed E-state index contributed by atoms with van der Waals surface area (Å²) in [4.78, 5) is 0. The fourth-order valence-electron chi connectivity index (χ4n) is 1.70. The summed E-state index contributed by atoms with van der Waals surface area (Å²) in [6.07, 6.45) is -3.66. The summed E-state index contributed by atoms with van der Waals surface area (Å²) in [5.74, 6) is -5.99. The first-order valence-corrected chi connectivity index (χ1v) is 4.30. The van der Waals surface area contributed by atoms with Crippen LogP contribution < -0.4 is 0 Å². The standard InChI is InChI=1S/C8H11F5/c9-7(10,8(11,12)13)6-4-2-1-3-5-6/h6H,1-5H2. The summed E-state index contributed by atoms with van der Waals surface area (Å²) in [5.41, 5.74) is 0. The topological polar surface area (TPSA) is 0 Å². The van der Waals surface area contributed by atoms with Crippen LogP contribution >= 0.6 is 0 Å². The molecule has 0 aromatic carbocycles. The van der Waals surface area contributed by atoms with Crippen molar-refractivity contribution in [1.29, 1.82) is 0 Å². The number of alkyl halides is 5. The smallest absolute Gasteiger partial charge is 0.196 e. The van der Waals surface area contributed by atoms with Crippen LogP contribution in [0.15, 0.2) is 0 Å². The minimum atomic E-state index is -5.38. The summed E-state index contributed by atoms with van der Waals surface area (Å²) in [6.45, 7) is 0. The zero-order chi connectivity index (χ0) is 10.1. The van der Waals surface area contributed by atoms with Gasteiger partial charge in [0.05, 0.1) is 0 Å². The molecule has 1 aliphatic rings. The molecule has 0 amide bonds. The van der Waals surface area contributed by atoms with Gasteiger partial charge in [0.25, 0.3) is 0 Å². The van der Waals surface area contributed by atoms with Gasteiger partial charge >= 0.3 is 12.1 Å². The lowest BCUT2D eigenvalue weighted by Crippen LogP contribution is -2.44. The van der Waals surface area contributed by atoms with E-state index in [0.717, 1.165) is 6.42 Å². The molecule has 0 heterocycles. The van der Waals surface area contributed by atoms with E-state index < -0.39 is 18.0 Å². The molecule has 13 heavy (non-hydrogen) atoms. The van der Waals surface area contributed by atoms with Crippen LogP contribution in [0.3, 0.4) is 0 Å². The number of hydrogen-bond donors (Lipinski definition) is 0. The predicted molar refractivity (Wildman–Crippen MR) is 37.6 cm³/mol. The van der Waals surface area contributed by atoms with E-state index >= 15 is 0 Å². The molecule has 1 aliphatic carbocycles. The first-order valence-electron chi connectivity index (χ1n) is 4.30. The highest BCUT2D eigenvalue weighted by atomic mass is 19.4. The Morgan fingerprint density at radius 1 is 0.769 bits per heavy atom. The zero-order valence-electron chi connectivity index (χ0n) is 7.00. The second-order valence-electron chi connectivity index (χ2n) is 3.46. The molecule has 0 unspecified atom stereocenters. The molecule has 1 saturated carbocycles. The first kappa shape index (κ1) is 10.7. The van der Waals surface area contributed by atoms with Crippen molar-refractivity contribution >= 4 is 0 Å². The molecule has 0 atom stereocenters. The molecular weight excluding hydrogens is 191 g/mol. The molecule has 0 aromatic rings. The molecule has 1 rings (SSSR count). The molecular formula is C8H11F5. The summed E-state index contributed by atoms with van der Waals surface area (Å²) >= 11 is 0. The quantitative estimate of drug-likeness (QED) is 0.568. The molecule has 0 aromatic heterocycles. The molecule has 0 bridgehead atoms. The van der Waals surface area contributed by atoms with E-state index in [2.05, 4.69) is 0 Å². The largest absolute Gasteiger partial charge is 0.453 e. The van der Waals surface area contributed by atoms with Crippen LogP contribution in [-0.2, 0) is 0 Å². The van der Waals surface area contributed by atoms with Gasteiger partial charge in [-0.05, 0) is 12.8 Å². The van der Waals surface area contributed by atoms with Crippen LogP contribution in [0.25, 0.3) is 0 Å². The van der Waals surface area contributed by atoms with E-state index in [1.54, 1.807) is 0 Å². The Labute approximate surface area is 73.1 Å². The maximum atomic E-state index is 12.7. The molecule has 0 spiro atoms. The van der Waals surface area contributed by atoms with E-state index in [9.17, 15) is 22.0 Å². The number of hydrogen-bond acceptors (Lipinski definition) is 0. The maximum Gasteiger partial charge on any atom is 0.453 e. The Kier molecular flexibility index (Phi) is 2.82. The lowest BCUT2D eigenvalue weighted by molar-refractivity contribution is -0.305. The Balaban J connectivity index is 2.67. The van der Waals surface area contributed by atoms with Gasteiger partial charge in [-0.25, -0.2) is 0 Å². The molecule has 78 valence electrons. The van der Waals surface area contributed by atoms with Gasteiger partial charge in [-0.15, -0.1) is 0 Å². The van der Waals surface area contributed by atoms with Gasteiger partial charge in [0.1, 0.15) is 0 Å². The molecule has 1 fully saturated rings. The van der Waals surface area contributed by atoms with Crippen LogP contribution in [0.1, 0.15) is 32.1 Å². The Bertz CT molecular complexity index is 166. The average molecular weight is 202 g/mol. The van der Waals surface area contributed by atoms with Crippen molar-refractivity contribution in [2.24, 2.45) is 5.92 Å². The molecule has 0 radical (unpaired) electrons. The van der Waals surface area contributed by atoms with Crippen LogP contribution in [0.2, 0.25) is 0 Å². The van der Waals surface area contributed by atoms with Gasteiger partial charge in [-0.2, -0.15) is 22.0 Å². The van der Waals surface area contributed by atoms with Crippen LogP contribution in [0.4, 0.5) is 22.0 Å². The van der Waals surface area contributed by atoms with E-state index in [1.165, 1.54) is 0 Å². The van der Waals surface area contributed by atoms with Crippen molar-refractivity contribution < 1.29 is 22.0 Å². The van der Waals surface area contributed by atoms with Gasteiger partial charge in [0, 0.05) is 5.92 Å². The second-order valence-corrected chi connectivity index (χ2v) is 3.46. The Morgan fingerprint density at radius 3 is 1.62 bits per heavy atom. The van der Waals surface area contributed by atoms with Gasteiger partial charge in [0.2, 0.25) is 0 Å². The Hall–Kier alpha value is -0.350. The highest BCUT2D eigenvalue weighted by Gasteiger charge is 2.61. The molecule has 0 saturated heterocycles. The number of halogens is 5. The monoisotopic (exact) mass is 202 g/mol. The van der Waals surface area contributed by atoms with Crippen LogP contribution in [0.5, 0.6) is 0 Å². The van der Waals surface area contributed by atoms with Gasteiger partial charge in [-0.3, -0.25) is 0 Å². The van der Waals surface area contributed by atoms with Crippen LogP contribution in [0, 0.1) is 5.92 Å². The lowest BCUT2D eigenvalue weighted by Gasteiger charge is -2.31. The summed E-state index contributed by atoms with van der Waals surface area (Å²) in [7, 11) is 0. The third-order valence-corrected chi connectivity index (χ3v) is 2.50. The molecule has 5 heteroatoms.